The van der Waals surface area contributed by atoms with Crippen molar-refractivity contribution in [1.82, 2.24) is 31.9 Å². The average molecular weight is 531 g/mol. The van der Waals surface area contributed by atoms with Crippen LogP contribution in [0, 0.1) is 11.8 Å². The van der Waals surface area contributed by atoms with Crippen LogP contribution in [0.3, 0.4) is 0 Å². The SMILES string of the molecule is CC[C@H](C)[C@@H]1NC(=O)CNC(=O)CNC(=O)[C@H](Cc2ccccc2)NC(=O)CNC(=O)[C@H](C(C)C)NC1=O. The van der Waals surface area contributed by atoms with Crippen LogP contribution < -0.4 is 31.9 Å². The van der Waals surface area contributed by atoms with Gasteiger partial charge in [-0.3, -0.25) is 28.8 Å². The molecule has 1 aliphatic rings. The van der Waals surface area contributed by atoms with Crippen LogP contribution in [0.5, 0.6) is 0 Å². The Morgan fingerprint density at radius 1 is 0.684 bits per heavy atom. The molecule has 0 bridgehead atoms. The second-order valence-corrected chi connectivity index (χ2v) is 9.68. The molecule has 12 nitrogen and oxygen atoms in total. The smallest absolute Gasteiger partial charge is 0.243 e. The Morgan fingerprint density at radius 2 is 1.26 bits per heavy atom. The van der Waals surface area contributed by atoms with Gasteiger partial charge in [0, 0.05) is 6.42 Å². The van der Waals surface area contributed by atoms with Gasteiger partial charge in [-0.05, 0) is 17.4 Å². The fraction of sp³-hybridized carbons (Fsp3) is 0.538. The molecule has 0 aliphatic carbocycles. The van der Waals surface area contributed by atoms with Crippen molar-refractivity contribution in [2.45, 2.75) is 58.7 Å². The van der Waals surface area contributed by atoms with Crippen molar-refractivity contribution < 1.29 is 28.8 Å². The average Bonchev–Trinajstić information content (AvgIpc) is 2.89. The van der Waals surface area contributed by atoms with Crippen LogP contribution in [0.25, 0.3) is 0 Å². The van der Waals surface area contributed by atoms with E-state index < -0.39 is 73.2 Å². The summed E-state index contributed by atoms with van der Waals surface area (Å²) in [5, 5.41) is 15.3. The van der Waals surface area contributed by atoms with Crippen LogP contribution >= 0.6 is 0 Å². The highest BCUT2D eigenvalue weighted by atomic mass is 16.2. The van der Waals surface area contributed by atoms with Gasteiger partial charge in [0.25, 0.3) is 0 Å². The minimum absolute atomic E-state index is 0.151. The standard InChI is InChI=1S/C26H38N6O6/c1-5-16(4)23-26(38)32-22(15(2)3)25(37)29-14-20(34)30-18(11-17-9-7-6-8-10-17)24(36)28-12-19(33)27-13-21(35)31-23/h6-10,15-16,18,22-23H,5,11-14H2,1-4H3,(H,27,33)(H,28,36)(H,29,37)(H,30,34)(H,31,35)(H,32,38)/t16-,18-,22-,23-/m0/s1. The predicted octanol–water partition coefficient (Wildman–Crippen LogP) is -1.25. The summed E-state index contributed by atoms with van der Waals surface area (Å²) >= 11 is 0. The minimum atomic E-state index is -1.02. The predicted molar refractivity (Wildman–Crippen MR) is 139 cm³/mol. The molecule has 1 aliphatic heterocycles. The lowest BCUT2D eigenvalue weighted by Gasteiger charge is -2.28. The molecule has 1 saturated heterocycles. The van der Waals surface area contributed by atoms with Crippen LogP contribution in [0.15, 0.2) is 30.3 Å². The maximum absolute atomic E-state index is 13.1. The summed E-state index contributed by atoms with van der Waals surface area (Å²) in [6, 6.07) is 6.05. The van der Waals surface area contributed by atoms with Gasteiger partial charge < -0.3 is 31.9 Å². The van der Waals surface area contributed by atoms with Crippen LogP contribution in [0.2, 0.25) is 0 Å². The third-order valence-electron chi connectivity index (χ3n) is 6.29. The van der Waals surface area contributed by atoms with Gasteiger partial charge in [0.15, 0.2) is 0 Å². The lowest BCUT2D eigenvalue weighted by atomic mass is 9.96. The van der Waals surface area contributed by atoms with E-state index in [1.807, 2.05) is 13.0 Å². The lowest BCUT2D eigenvalue weighted by molar-refractivity contribution is -0.135. The molecule has 1 heterocycles. The van der Waals surface area contributed by atoms with Gasteiger partial charge in [0.05, 0.1) is 19.6 Å². The normalized spacial score (nSPS) is 23.6. The largest absolute Gasteiger partial charge is 0.346 e. The molecule has 6 amide bonds. The number of hydrogen-bond acceptors (Lipinski definition) is 6. The van der Waals surface area contributed by atoms with E-state index in [-0.39, 0.29) is 18.3 Å². The zero-order chi connectivity index (χ0) is 28.2. The number of benzene rings is 1. The fourth-order valence-corrected chi connectivity index (χ4v) is 3.82. The van der Waals surface area contributed by atoms with Gasteiger partial charge in [0.1, 0.15) is 18.1 Å². The quantitative estimate of drug-likeness (QED) is 0.277. The number of hydrogen-bond donors (Lipinski definition) is 6. The van der Waals surface area contributed by atoms with E-state index in [9.17, 15) is 28.8 Å². The van der Waals surface area contributed by atoms with Crippen molar-refractivity contribution in [2.75, 3.05) is 19.6 Å². The molecule has 2 rings (SSSR count). The Labute approximate surface area is 222 Å². The van der Waals surface area contributed by atoms with Crippen molar-refractivity contribution in [1.29, 1.82) is 0 Å². The van der Waals surface area contributed by atoms with E-state index in [4.69, 9.17) is 0 Å². The van der Waals surface area contributed by atoms with Crippen molar-refractivity contribution in [3.05, 3.63) is 35.9 Å². The Hall–Kier alpha value is -3.96. The van der Waals surface area contributed by atoms with Crippen molar-refractivity contribution in [3.8, 4) is 0 Å². The van der Waals surface area contributed by atoms with Gasteiger partial charge in [0.2, 0.25) is 35.4 Å². The highest BCUT2D eigenvalue weighted by molar-refractivity contribution is 5.96. The Bertz CT molecular complexity index is 1010. The molecule has 6 N–H and O–H groups in total. The molecule has 0 spiro atoms. The van der Waals surface area contributed by atoms with E-state index in [0.717, 1.165) is 5.56 Å². The number of nitrogens with one attached hydrogen (secondary N) is 6. The highest BCUT2D eigenvalue weighted by Crippen LogP contribution is 2.10. The molecular formula is C26H38N6O6. The molecule has 4 atom stereocenters. The highest BCUT2D eigenvalue weighted by Gasteiger charge is 2.32. The first-order valence-corrected chi connectivity index (χ1v) is 12.8. The van der Waals surface area contributed by atoms with Gasteiger partial charge in [-0.25, -0.2) is 0 Å². The number of amides is 6. The van der Waals surface area contributed by atoms with Crippen molar-refractivity contribution >= 4 is 35.4 Å². The van der Waals surface area contributed by atoms with Crippen LogP contribution in [-0.2, 0) is 35.2 Å². The molecule has 0 saturated carbocycles. The summed E-state index contributed by atoms with van der Waals surface area (Å²) in [4.78, 5) is 76.3. The summed E-state index contributed by atoms with van der Waals surface area (Å²) in [5.41, 5.74) is 0.777. The van der Waals surface area contributed by atoms with Gasteiger partial charge in [-0.1, -0.05) is 64.4 Å². The van der Waals surface area contributed by atoms with Crippen LogP contribution in [0.4, 0.5) is 0 Å². The van der Waals surface area contributed by atoms with Crippen LogP contribution in [0.1, 0.15) is 39.7 Å². The summed E-state index contributed by atoms with van der Waals surface area (Å²) < 4.78 is 0. The molecule has 1 aromatic rings. The first kappa shape index (κ1) is 30.3. The summed E-state index contributed by atoms with van der Waals surface area (Å²) in [5.74, 6) is -4.12. The van der Waals surface area contributed by atoms with E-state index >= 15 is 0 Å². The zero-order valence-electron chi connectivity index (χ0n) is 22.3. The topological polar surface area (TPSA) is 175 Å². The van der Waals surface area contributed by atoms with E-state index in [2.05, 4.69) is 31.9 Å². The maximum Gasteiger partial charge on any atom is 0.243 e. The first-order valence-electron chi connectivity index (χ1n) is 12.8. The minimum Gasteiger partial charge on any atom is -0.346 e. The molecule has 1 aromatic carbocycles. The van der Waals surface area contributed by atoms with E-state index in [0.29, 0.717) is 6.42 Å². The Balaban J connectivity index is 2.27. The molecule has 38 heavy (non-hydrogen) atoms. The van der Waals surface area contributed by atoms with Crippen LogP contribution in [-0.4, -0.2) is 73.2 Å². The zero-order valence-corrected chi connectivity index (χ0v) is 22.3. The fourth-order valence-electron chi connectivity index (χ4n) is 3.82. The lowest BCUT2D eigenvalue weighted by Crippen LogP contribution is -2.59. The molecule has 208 valence electrons. The van der Waals surface area contributed by atoms with E-state index in [1.54, 1.807) is 45.0 Å². The molecule has 12 heteroatoms. The molecule has 0 aromatic heterocycles. The summed E-state index contributed by atoms with van der Waals surface area (Å²) in [6.07, 6.45) is 0.720. The molecule has 0 radical (unpaired) electrons. The third-order valence-corrected chi connectivity index (χ3v) is 6.29. The van der Waals surface area contributed by atoms with Gasteiger partial charge in [-0.2, -0.15) is 0 Å². The monoisotopic (exact) mass is 530 g/mol. The third kappa shape index (κ3) is 9.49. The van der Waals surface area contributed by atoms with Crippen molar-refractivity contribution in [2.24, 2.45) is 11.8 Å². The number of carbonyl (C=O) groups excluding carboxylic acids is 6. The summed E-state index contributed by atoms with van der Waals surface area (Å²) in [7, 11) is 0. The molecule has 0 unspecified atom stereocenters. The summed E-state index contributed by atoms with van der Waals surface area (Å²) in [6.45, 7) is 5.86. The van der Waals surface area contributed by atoms with E-state index in [1.165, 1.54) is 0 Å². The first-order chi connectivity index (χ1) is 18.0. The van der Waals surface area contributed by atoms with Gasteiger partial charge in [-0.15, -0.1) is 0 Å². The second-order valence-electron chi connectivity index (χ2n) is 9.68. The van der Waals surface area contributed by atoms with Crippen molar-refractivity contribution in [3.63, 3.8) is 0 Å². The molecular weight excluding hydrogens is 492 g/mol. The maximum atomic E-state index is 13.1. The molecule has 1 fully saturated rings. The Morgan fingerprint density at radius 3 is 1.89 bits per heavy atom. The second kappa shape index (κ2) is 14.7. The Kier molecular flexibility index (Phi) is 11.7. The number of rotatable bonds is 5. The van der Waals surface area contributed by atoms with Gasteiger partial charge >= 0.3 is 0 Å². The number of carbonyl (C=O) groups is 6.